The molecule has 0 aliphatic carbocycles. The molecule has 94 valence electrons. The SMILES string of the molecule is C=CCCCC(=C)COCC#Cc1ccccc1. The molecule has 0 atom stereocenters. The molecule has 0 bridgehead atoms. The molecule has 0 amide bonds. The van der Waals surface area contributed by atoms with Gasteiger partial charge in [0.2, 0.25) is 0 Å². The molecule has 1 aromatic rings. The molecule has 0 aliphatic rings. The second-order valence-electron chi connectivity index (χ2n) is 4.09. The summed E-state index contributed by atoms with van der Waals surface area (Å²) < 4.78 is 5.45. The summed E-state index contributed by atoms with van der Waals surface area (Å²) in [4.78, 5) is 0. The van der Waals surface area contributed by atoms with Crippen LogP contribution in [0.4, 0.5) is 0 Å². The smallest absolute Gasteiger partial charge is 0.108 e. The van der Waals surface area contributed by atoms with E-state index in [1.165, 1.54) is 0 Å². The number of unbranched alkanes of at least 4 members (excludes halogenated alkanes) is 1. The Bertz CT molecular complexity index is 420. The number of ether oxygens (including phenoxy) is 1. The minimum atomic E-state index is 0.454. The minimum Gasteiger partial charge on any atom is -0.364 e. The van der Waals surface area contributed by atoms with Gasteiger partial charge < -0.3 is 4.74 Å². The summed E-state index contributed by atoms with van der Waals surface area (Å²) in [7, 11) is 0. The van der Waals surface area contributed by atoms with Gasteiger partial charge in [0.15, 0.2) is 0 Å². The Hall–Kier alpha value is -1.78. The van der Waals surface area contributed by atoms with Gasteiger partial charge in [-0.3, -0.25) is 0 Å². The van der Waals surface area contributed by atoms with Gasteiger partial charge in [-0.1, -0.05) is 48.3 Å². The molecule has 1 nitrogen and oxygen atoms in total. The van der Waals surface area contributed by atoms with Crippen molar-refractivity contribution in [1.82, 2.24) is 0 Å². The maximum atomic E-state index is 5.45. The normalized spacial score (nSPS) is 9.33. The van der Waals surface area contributed by atoms with Crippen LogP contribution in [0.5, 0.6) is 0 Å². The van der Waals surface area contributed by atoms with E-state index in [1.807, 2.05) is 36.4 Å². The number of benzene rings is 1. The minimum absolute atomic E-state index is 0.454. The van der Waals surface area contributed by atoms with Gasteiger partial charge in [-0.25, -0.2) is 0 Å². The average Bonchev–Trinajstić information content (AvgIpc) is 2.40. The summed E-state index contributed by atoms with van der Waals surface area (Å²) in [6.45, 7) is 8.72. The Morgan fingerprint density at radius 1 is 1.28 bits per heavy atom. The topological polar surface area (TPSA) is 9.23 Å². The van der Waals surface area contributed by atoms with E-state index in [0.717, 1.165) is 30.4 Å². The molecule has 1 aromatic carbocycles. The van der Waals surface area contributed by atoms with Crippen molar-refractivity contribution >= 4 is 0 Å². The van der Waals surface area contributed by atoms with E-state index in [-0.39, 0.29) is 0 Å². The van der Waals surface area contributed by atoms with Crippen molar-refractivity contribution in [2.75, 3.05) is 13.2 Å². The zero-order valence-corrected chi connectivity index (χ0v) is 10.8. The Labute approximate surface area is 110 Å². The van der Waals surface area contributed by atoms with E-state index in [2.05, 4.69) is 25.0 Å². The highest BCUT2D eigenvalue weighted by Gasteiger charge is 1.93. The summed E-state index contributed by atoms with van der Waals surface area (Å²) in [6.07, 6.45) is 5.06. The van der Waals surface area contributed by atoms with Gasteiger partial charge in [-0.15, -0.1) is 6.58 Å². The summed E-state index contributed by atoms with van der Waals surface area (Å²) in [5.41, 5.74) is 2.14. The van der Waals surface area contributed by atoms with Crippen molar-refractivity contribution in [1.29, 1.82) is 0 Å². The Balaban J connectivity index is 2.13. The van der Waals surface area contributed by atoms with Crippen LogP contribution in [0.1, 0.15) is 24.8 Å². The molecule has 0 unspecified atom stereocenters. The van der Waals surface area contributed by atoms with Gasteiger partial charge in [0, 0.05) is 5.56 Å². The molecular weight excluding hydrogens is 220 g/mol. The lowest BCUT2D eigenvalue weighted by molar-refractivity contribution is 0.189. The third-order valence-corrected chi connectivity index (χ3v) is 2.43. The third kappa shape index (κ3) is 6.73. The van der Waals surface area contributed by atoms with E-state index in [0.29, 0.717) is 13.2 Å². The van der Waals surface area contributed by atoms with Crippen LogP contribution in [0.2, 0.25) is 0 Å². The fourth-order valence-corrected chi connectivity index (χ4v) is 1.47. The third-order valence-electron chi connectivity index (χ3n) is 2.43. The van der Waals surface area contributed by atoms with Crippen LogP contribution in [0.3, 0.4) is 0 Å². The standard InChI is InChI=1S/C17H20O/c1-3-4-6-10-16(2)15-18-14-9-13-17-11-7-5-8-12-17/h3,5,7-8,11-12H,1-2,4,6,10,14-15H2. The van der Waals surface area contributed by atoms with Gasteiger partial charge in [0.05, 0.1) is 6.61 Å². The monoisotopic (exact) mass is 240 g/mol. The van der Waals surface area contributed by atoms with Crippen LogP contribution in [-0.2, 0) is 4.74 Å². The van der Waals surface area contributed by atoms with Crippen molar-refractivity contribution in [2.45, 2.75) is 19.3 Å². The summed E-state index contributed by atoms with van der Waals surface area (Å²) >= 11 is 0. The van der Waals surface area contributed by atoms with Crippen LogP contribution < -0.4 is 0 Å². The van der Waals surface area contributed by atoms with Gasteiger partial charge in [-0.05, 0) is 31.4 Å². The van der Waals surface area contributed by atoms with Crippen molar-refractivity contribution in [3.05, 3.63) is 60.7 Å². The molecular formula is C17H20O. The molecule has 0 N–H and O–H groups in total. The van der Waals surface area contributed by atoms with Crippen LogP contribution in [0, 0.1) is 11.8 Å². The number of hydrogen-bond acceptors (Lipinski definition) is 1. The Morgan fingerprint density at radius 2 is 2.06 bits per heavy atom. The maximum absolute atomic E-state index is 5.45. The highest BCUT2D eigenvalue weighted by atomic mass is 16.5. The first-order valence-electron chi connectivity index (χ1n) is 6.22. The van der Waals surface area contributed by atoms with Crippen LogP contribution >= 0.6 is 0 Å². The maximum Gasteiger partial charge on any atom is 0.108 e. The molecule has 1 rings (SSSR count). The lowest BCUT2D eigenvalue weighted by Gasteiger charge is -2.03. The first-order valence-corrected chi connectivity index (χ1v) is 6.22. The lowest BCUT2D eigenvalue weighted by Crippen LogP contribution is -1.97. The van der Waals surface area contributed by atoms with E-state index < -0.39 is 0 Å². The quantitative estimate of drug-likeness (QED) is 0.398. The summed E-state index contributed by atoms with van der Waals surface area (Å²) in [6, 6.07) is 9.91. The molecule has 18 heavy (non-hydrogen) atoms. The summed E-state index contributed by atoms with van der Waals surface area (Å²) in [5, 5.41) is 0. The van der Waals surface area contributed by atoms with Crippen molar-refractivity contribution in [3.8, 4) is 11.8 Å². The van der Waals surface area contributed by atoms with Crippen LogP contribution in [0.25, 0.3) is 0 Å². The molecule has 0 saturated heterocycles. The molecule has 0 radical (unpaired) electrons. The molecule has 0 fully saturated rings. The van der Waals surface area contributed by atoms with Gasteiger partial charge in [-0.2, -0.15) is 0 Å². The van der Waals surface area contributed by atoms with Crippen LogP contribution in [0.15, 0.2) is 55.1 Å². The molecule has 0 aromatic heterocycles. The predicted octanol–water partition coefficient (Wildman–Crippen LogP) is 3.97. The van der Waals surface area contributed by atoms with Gasteiger partial charge >= 0.3 is 0 Å². The molecule has 0 saturated carbocycles. The highest BCUT2D eigenvalue weighted by Crippen LogP contribution is 2.05. The Kier molecular flexibility index (Phi) is 7.36. The fraction of sp³-hybridized carbons (Fsp3) is 0.294. The second kappa shape index (κ2) is 9.27. The van der Waals surface area contributed by atoms with Gasteiger partial charge in [0.1, 0.15) is 6.61 Å². The van der Waals surface area contributed by atoms with E-state index in [9.17, 15) is 0 Å². The zero-order chi connectivity index (χ0) is 13.1. The first kappa shape index (κ1) is 14.3. The first-order chi connectivity index (χ1) is 8.83. The average molecular weight is 240 g/mol. The summed E-state index contributed by atoms with van der Waals surface area (Å²) in [5.74, 6) is 6.05. The van der Waals surface area contributed by atoms with E-state index in [4.69, 9.17) is 4.74 Å². The number of allylic oxidation sites excluding steroid dienone is 1. The van der Waals surface area contributed by atoms with E-state index >= 15 is 0 Å². The largest absolute Gasteiger partial charge is 0.364 e. The second-order valence-corrected chi connectivity index (χ2v) is 4.09. The van der Waals surface area contributed by atoms with Crippen molar-refractivity contribution in [2.24, 2.45) is 0 Å². The number of hydrogen-bond donors (Lipinski definition) is 0. The predicted molar refractivity (Wildman–Crippen MR) is 77.3 cm³/mol. The Morgan fingerprint density at radius 3 is 2.78 bits per heavy atom. The molecule has 0 spiro atoms. The lowest BCUT2D eigenvalue weighted by atomic mass is 10.1. The zero-order valence-electron chi connectivity index (χ0n) is 10.8. The van der Waals surface area contributed by atoms with Gasteiger partial charge in [0.25, 0.3) is 0 Å². The number of rotatable bonds is 7. The van der Waals surface area contributed by atoms with Crippen molar-refractivity contribution < 1.29 is 4.74 Å². The highest BCUT2D eigenvalue weighted by molar-refractivity contribution is 5.33. The molecule has 1 heteroatoms. The molecule has 0 heterocycles. The fourth-order valence-electron chi connectivity index (χ4n) is 1.47. The van der Waals surface area contributed by atoms with Crippen LogP contribution in [-0.4, -0.2) is 13.2 Å². The van der Waals surface area contributed by atoms with Crippen molar-refractivity contribution in [3.63, 3.8) is 0 Å². The van der Waals surface area contributed by atoms with E-state index in [1.54, 1.807) is 0 Å². The molecule has 0 aliphatic heterocycles.